The summed E-state index contributed by atoms with van der Waals surface area (Å²) in [5.74, 6) is 0. The fraction of sp³-hybridized carbons (Fsp3) is 0.0714. The first-order chi connectivity index (χ1) is 9.40. The zero-order valence-electron chi connectivity index (χ0n) is 10.2. The summed E-state index contributed by atoms with van der Waals surface area (Å²) < 4.78 is 37.3. The summed E-state index contributed by atoms with van der Waals surface area (Å²) in [7, 11) is 0. The lowest BCUT2D eigenvalue weighted by Crippen LogP contribution is -2.04. The van der Waals surface area contributed by atoms with E-state index in [9.17, 15) is 13.2 Å². The monoisotopic (exact) mass is 277 g/mol. The Morgan fingerprint density at radius 2 is 1.70 bits per heavy atom. The maximum Gasteiger partial charge on any atom is 0.416 e. The van der Waals surface area contributed by atoms with Gasteiger partial charge < -0.3 is 11.1 Å². The molecule has 0 aromatic heterocycles. The molecule has 0 aliphatic rings. The highest BCUT2D eigenvalue weighted by Gasteiger charge is 2.29. The largest absolute Gasteiger partial charge is 0.416 e. The first-order valence-corrected chi connectivity index (χ1v) is 5.64. The third-order valence-electron chi connectivity index (χ3n) is 2.66. The molecule has 3 N–H and O–H groups in total. The number of hydrogen-bond acceptors (Lipinski definition) is 3. The zero-order valence-corrected chi connectivity index (χ0v) is 10.2. The van der Waals surface area contributed by atoms with Crippen LogP contribution in [0.5, 0.6) is 0 Å². The Hall–Kier alpha value is -2.68. The molecule has 0 amide bonds. The van der Waals surface area contributed by atoms with Crippen molar-refractivity contribution in [3.05, 3.63) is 53.6 Å². The number of nitrogens with one attached hydrogen (secondary N) is 1. The second-order valence-corrected chi connectivity index (χ2v) is 4.12. The van der Waals surface area contributed by atoms with Gasteiger partial charge in [0.15, 0.2) is 0 Å². The van der Waals surface area contributed by atoms with Crippen LogP contribution in [-0.4, -0.2) is 0 Å². The molecule has 0 unspecified atom stereocenters. The van der Waals surface area contributed by atoms with E-state index < -0.39 is 11.7 Å². The molecule has 2 aromatic carbocycles. The van der Waals surface area contributed by atoms with Crippen molar-refractivity contribution in [3.63, 3.8) is 0 Å². The molecule has 6 heteroatoms. The normalized spacial score (nSPS) is 10.9. The van der Waals surface area contributed by atoms with Crippen molar-refractivity contribution in [2.45, 2.75) is 6.18 Å². The van der Waals surface area contributed by atoms with E-state index >= 15 is 0 Å². The summed E-state index contributed by atoms with van der Waals surface area (Å²) in [5.41, 5.74) is 6.55. The number of rotatable bonds is 2. The molecular weight excluding hydrogens is 267 g/mol. The number of nitrogen functional groups attached to an aromatic ring is 1. The molecule has 20 heavy (non-hydrogen) atoms. The Morgan fingerprint density at radius 1 is 1.05 bits per heavy atom. The van der Waals surface area contributed by atoms with Crippen LogP contribution < -0.4 is 11.1 Å². The van der Waals surface area contributed by atoms with E-state index in [4.69, 9.17) is 11.0 Å². The number of alkyl halides is 3. The number of anilines is 3. The van der Waals surface area contributed by atoms with Crippen molar-refractivity contribution in [3.8, 4) is 6.07 Å². The summed E-state index contributed by atoms with van der Waals surface area (Å²) >= 11 is 0. The zero-order chi connectivity index (χ0) is 14.8. The smallest absolute Gasteiger partial charge is 0.399 e. The number of nitrogens with two attached hydrogens (primary N) is 1. The Bertz CT molecular complexity index is 655. The SMILES string of the molecule is N#Cc1cc(N)ccc1Nc1ccc(C(F)(F)F)cc1. The molecule has 0 atom stereocenters. The molecule has 2 aromatic rings. The minimum Gasteiger partial charge on any atom is -0.399 e. The fourth-order valence-electron chi connectivity index (χ4n) is 1.66. The second-order valence-electron chi connectivity index (χ2n) is 4.12. The molecule has 3 nitrogen and oxygen atoms in total. The molecule has 0 spiro atoms. The molecule has 0 aliphatic carbocycles. The van der Waals surface area contributed by atoms with Gasteiger partial charge in [0.05, 0.1) is 16.8 Å². The number of nitriles is 1. The summed E-state index contributed by atoms with van der Waals surface area (Å²) in [6.07, 6.45) is -4.36. The van der Waals surface area contributed by atoms with Crippen molar-refractivity contribution in [1.29, 1.82) is 5.26 Å². The maximum absolute atomic E-state index is 12.4. The summed E-state index contributed by atoms with van der Waals surface area (Å²) in [6.45, 7) is 0. The fourth-order valence-corrected chi connectivity index (χ4v) is 1.66. The third-order valence-corrected chi connectivity index (χ3v) is 2.66. The van der Waals surface area contributed by atoms with Crippen molar-refractivity contribution in [2.75, 3.05) is 11.1 Å². The standard InChI is InChI=1S/C14H10F3N3/c15-14(16,17)10-1-4-12(5-2-10)20-13-6-3-11(19)7-9(13)8-18/h1-7,20H,19H2. The first-order valence-electron chi connectivity index (χ1n) is 5.64. The lowest BCUT2D eigenvalue weighted by molar-refractivity contribution is -0.137. The predicted molar refractivity (Wildman–Crippen MR) is 70.3 cm³/mol. The van der Waals surface area contributed by atoms with Gasteiger partial charge in [0, 0.05) is 11.4 Å². The average molecular weight is 277 g/mol. The van der Waals surface area contributed by atoms with Crippen LogP contribution in [0.4, 0.5) is 30.2 Å². The van der Waals surface area contributed by atoms with Gasteiger partial charge >= 0.3 is 6.18 Å². The van der Waals surface area contributed by atoms with Crippen molar-refractivity contribution in [2.24, 2.45) is 0 Å². The maximum atomic E-state index is 12.4. The third kappa shape index (κ3) is 3.01. The highest BCUT2D eigenvalue weighted by Crippen LogP contribution is 2.30. The lowest BCUT2D eigenvalue weighted by Gasteiger charge is -2.11. The van der Waals surface area contributed by atoms with Crippen LogP contribution in [0.25, 0.3) is 0 Å². The van der Waals surface area contributed by atoms with E-state index in [2.05, 4.69) is 5.32 Å². The Balaban J connectivity index is 2.25. The molecule has 0 aliphatic heterocycles. The van der Waals surface area contributed by atoms with Crippen molar-refractivity contribution in [1.82, 2.24) is 0 Å². The predicted octanol–water partition coefficient (Wildman–Crippen LogP) is 3.90. The van der Waals surface area contributed by atoms with Crippen LogP contribution in [0.3, 0.4) is 0 Å². The molecule has 0 saturated heterocycles. The van der Waals surface area contributed by atoms with Gasteiger partial charge in [0.1, 0.15) is 6.07 Å². The van der Waals surface area contributed by atoms with Gasteiger partial charge in [-0.2, -0.15) is 18.4 Å². The number of benzene rings is 2. The van der Waals surface area contributed by atoms with Crippen LogP contribution in [0.1, 0.15) is 11.1 Å². The Kier molecular flexibility index (Phi) is 3.53. The molecule has 0 bridgehead atoms. The van der Waals surface area contributed by atoms with Crippen LogP contribution in [0, 0.1) is 11.3 Å². The molecule has 0 radical (unpaired) electrons. The lowest BCUT2D eigenvalue weighted by atomic mass is 10.1. The minimum atomic E-state index is -4.36. The van der Waals surface area contributed by atoms with E-state index in [-0.39, 0.29) is 0 Å². The Morgan fingerprint density at radius 3 is 2.25 bits per heavy atom. The van der Waals surface area contributed by atoms with E-state index in [1.54, 1.807) is 12.1 Å². The van der Waals surface area contributed by atoms with Gasteiger partial charge in [0.2, 0.25) is 0 Å². The van der Waals surface area contributed by atoms with Gasteiger partial charge in [-0.25, -0.2) is 0 Å². The van der Waals surface area contributed by atoms with Crippen LogP contribution in [-0.2, 0) is 6.18 Å². The summed E-state index contributed by atoms with van der Waals surface area (Å²) in [4.78, 5) is 0. The second kappa shape index (κ2) is 5.13. The van der Waals surface area contributed by atoms with E-state index in [0.717, 1.165) is 12.1 Å². The number of halogens is 3. The molecule has 0 saturated carbocycles. The quantitative estimate of drug-likeness (QED) is 0.818. The average Bonchev–Trinajstić information content (AvgIpc) is 2.40. The molecule has 2 rings (SSSR count). The Labute approximate surface area is 113 Å². The van der Waals surface area contributed by atoms with Crippen LogP contribution in [0.15, 0.2) is 42.5 Å². The van der Waals surface area contributed by atoms with E-state index in [1.807, 2.05) is 6.07 Å². The molecule has 0 fully saturated rings. The van der Waals surface area contributed by atoms with Crippen molar-refractivity contribution >= 4 is 17.1 Å². The number of hydrogen-bond donors (Lipinski definition) is 2. The topological polar surface area (TPSA) is 61.8 Å². The summed E-state index contributed by atoms with van der Waals surface area (Å²) in [6, 6.07) is 11.2. The van der Waals surface area contributed by atoms with Crippen molar-refractivity contribution < 1.29 is 13.2 Å². The molecule has 0 heterocycles. The van der Waals surface area contributed by atoms with E-state index in [0.29, 0.717) is 22.6 Å². The van der Waals surface area contributed by atoms with Gasteiger partial charge in [-0.05, 0) is 42.5 Å². The minimum absolute atomic E-state index is 0.324. The highest BCUT2D eigenvalue weighted by atomic mass is 19.4. The van der Waals surface area contributed by atoms with Gasteiger partial charge in [-0.15, -0.1) is 0 Å². The summed E-state index contributed by atoms with van der Waals surface area (Å²) in [5, 5.41) is 11.9. The molecule has 102 valence electrons. The van der Waals surface area contributed by atoms with Gasteiger partial charge in [0.25, 0.3) is 0 Å². The van der Waals surface area contributed by atoms with Crippen LogP contribution >= 0.6 is 0 Å². The van der Waals surface area contributed by atoms with Crippen LogP contribution in [0.2, 0.25) is 0 Å². The molecular formula is C14H10F3N3. The van der Waals surface area contributed by atoms with Gasteiger partial charge in [-0.1, -0.05) is 0 Å². The highest BCUT2D eigenvalue weighted by molar-refractivity contribution is 5.69. The van der Waals surface area contributed by atoms with E-state index in [1.165, 1.54) is 18.2 Å². The number of nitrogens with zero attached hydrogens (tertiary/aromatic N) is 1. The first kappa shape index (κ1) is 13.7. The van der Waals surface area contributed by atoms with Gasteiger partial charge in [-0.3, -0.25) is 0 Å².